The van der Waals surface area contributed by atoms with Crippen molar-refractivity contribution in [2.75, 3.05) is 19.7 Å². The molecule has 194 valence electrons. The molecule has 3 amide bonds. The fraction of sp³-hybridized carbons (Fsp3) is 0.367. The van der Waals surface area contributed by atoms with E-state index in [1.54, 1.807) is 4.90 Å². The molecule has 0 aliphatic carbocycles. The number of hydrogen-bond donors (Lipinski definition) is 1. The number of nitrogens with zero attached hydrogens (tertiary/aromatic N) is 2. The Morgan fingerprint density at radius 2 is 1.79 bits per heavy atom. The molecule has 2 fully saturated rings. The molecule has 0 radical (unpaired) electrons. The molecule has 2 saturated heterocycles. The first-order valence-corrected chi connectivity index (χ1v) is 13.6. The Morgan fingerprint density at radius 3 is 2.58 bits per heavy atom. The Labute approximate surface area is 225 Å². The van der Waals surface area contributed by atoms with Gasteiger partial charge in [-0.3, -0.25) is 24.6 Å². The Hall–Kier alpha value is -3.42. The van der Waals surface area contributed by atoms with Gasteiger partial charge in [0.25, 0.3) is 5.91 Å². The minimum Gasteiger partial charge on any atom is -0.492 e. The number of benzene rings is 3. The van der Waals surface area contributed by atoms with Crippen molar-refractivity contribution in [3.63, 3.8) is 0 Å². The van der Waals surface area contributed by atoms with E-state index < -0.39 is 11.9 Å². The van der Waals surface area contributed by atoms with E-state index >= 15 is 0 Å². The maximum atomic E-state index is 13.2. The summed E-state index contributed by atoms with van der Waals surface area (Å²) in [6, 6.07) is 15.8. The smallest absolute Gasteiger partial charge is 0.255 e. The van der Waals surface area contributed by atoms with E-state index in [0.29, 0.717) is 25.1 Å². The number of carbonyl (C=O) groups excluding carboxylic acids is 3. The van der Waals surface area contributed by atoms with E-state index in [2.05, 4.69) is 40.5 Å². The SMILES string of the molecule is O=C1CCC(N2Cc3c(ccc4c3OCC43CCN(Cc4ccc(Cl)c5ccccc45)CC3)C2=O)C(=O)N1. The molecule has 0 saturated carbocycles. The minimum atomic E-state index is -0.620. The predicted molar refractivity (Wildman–Crippen MR) is 143 cm³/mol. The van der Waals surface area contributed by atoms with Crippen molar-refractivity contribution in [3.05, 3.63) is 75.8 Å². The van der Waals surface area contributed by atoms with E-state index in [1.807, 2.05) is 18.2 Å². The molecule has 1 atom stereocenters. The van der Waals surface area contributed by atoms with Gasteiger partial charge in [-0.05, 0) is 55.4 Å². The molecule has 1 unspecified atom stereocenters. The highest BCUT2D eigenvalue weighted by molar-refractivity contribution is 6.35. The summed E-state index contributed by atoms with van der Waals surface area (Å²) < 4.78 is 6.32. The molecule has 38 heavy (non-hydrogen) atoms. The van der Waals surface area contributed by atoms with Crippen molar-refractivity contribution in [3.8, 4) is 5.75 Å². The summed E-state index contributed by atoms with van der Waals surface area (Å²) in [6.45, 7) is 3.75. The summed E-state index contributed by atoms with van der Waals surface area (Å²) >= 11 is 6.43. The van der Waals surface area contributed by atoms with Crippen LogP contribution < -0.4 is 10.1 Å². The lowest BCUT2D eigenvalue weighted by Gasteiger charge is -2.38. The molecular weight excluding hydrogens is 502 g/mol. The van der Waals surface area contributed by atoms with Gasteiger partial charge in [-0.1, -0.05) is 48.0 Å². The van der Waals surface area contributed by atoms with Gasteiger partial charge >= 0.3 is 0 Å². The Balaban J connectivity index is 1.09. The van der Waals surface area contributed by atoms with Crippen LogP contribution in [0.4, 0.5) is 0 Å². The molecule has 1 N–H and O–H groups in total. The third-order valence-electron chi connectivity index (χ3n) is 8.90. The summed E-state index contributed by atoms with van der Waals surface area (Å²) in [5.41, 5.74) is 3.90. The molecule has 1 spiro atoms. The second kappa shape index (κ2) is 8.82. The normalized spacial score (nSPS) is 22.5. The van der Waals surface area contributed by atoms with Crippen LogP contribution in [0, 0.1) is 0 Å². The van der Waals surface area contributed by atoms with E-state index in [0.717, 1.165) is 54.2 Å². The zero-order valence-corrected chi connectivity index (χ0v) is 21.7. The van der Waals surface area contributed by atoms with Gasteiger partial charge in [0.2, 0.25) is 11.8 Å². The quantitative estimate of drug-likeness (QED) is 0.515. The summed E-state index contributed by atoms with van der Waals surface area (Å²) in [6.07, 6.45) is 2.57. The van der Waals surface area contributed by atoms with E-state index in [4.69, 9.17) is 16.3 Å². The van der Waals surface area contributed by atoms with E-state index in [9.17, 15) is 14.4 Å². The van der Waals surface area contributed by atoms with Gasteiger partial charge < -0.3 is 9.64 Å². The maximum absolute atomic E-state index is 13.2. The molecule has 8 heteroatoms. The largest absolute Gasteiger partial charge is 0.492 e. The number of nitrogens with one attached hydrogen (secondary N) is 1. The number of carbonyl (C=O) groups is 3. The van der Waals surface area contributed by atoms with Crippen molar-refractivity contribution in [2.45, 2.75) is 50.2 Å². The average molecular weight is 530 g/mol. The molecule has 4 heterocycles. The number of fused-ring (bicyclic) bond motifs is 5. The van der Waals surface area contributed by atoms with Crippen LogP contribution in [0.3, 0.4) is 0 Å². The van der Waals surface area contributed by atoms with Crippen LogP contribution in [0.15, 0.2) is 48.5 Å². The highest BCUT2D eigenvalue weighted by Crippen LogP contribution is 2.49. The lowest BCUT2D eigenvalue weighted by Crippen LogP contribution is -2.52. The first-order valence-electron chi connectivity index (χ1n) is 13.3. The fourth-order valence-electron chi connectivity index (χ4n) is 6.74. The Morgan fingerprint density at radius 1 is 1.00 bits per heavy atom. The summed E-state index contributed by atoms with van der Waals surface area (Å²) in [5.74, 6) is -0.0101. The van der Waals surface area contributed by atoms with Crippen molar-refractivity contribution in [1.29, 1.82) is 0 Å². The van der Waals surface area contributed by atoms with Crippen molar-refractivity contribution in [2.24, 2.45) is 0 Å². The van der Waals surface area contributed by atoms with Gasteiger partial charge in [0.1, 0.15) is 11.8 Å². The number of imide groups is 1. The Kier molecular flexibility index (Phi) is 5.49. The maximum Gasteiger partial charge on any atom is 0.255 e. The lowest BCUT2D eigenvalue weighted by molar-refractivity contribution is -0.136. The number of rotatable bonds is 3. The lowest BCUT2D eigenvalue weighted by atomic mass is 9.74. The van der Waals surface area contributed by atoms with Gasteiger partial charge in [-0.2, -0.15) is 0 Å². The molecule has 4 aliphatic heterocycles. The van der Waals surface area contributed by atoms with Crippen LogP contribution in [-0.4, -0.2) is 53.3 Å². The fourth-order valence-corrected chi connectivity index (χ4v) is 6.97. The molecule has 3 aromatic rings. The zero-order chi connectivity index (χ0) is 26.0. The second-order valence-corrected chi connectivity index (χ2v) is 11.4. The zero-order valence-electron chi connectivity index (χ0n) is 21.0. The number of piperidine rings is 2. The van der Waals surface area contributed by atoms with Crippen LogP contribution in [0.5, 0.6) is 5.75 Å². The van der Waals surface area contributed by atoms with Crippen molar-refractivity contribution in [1.82, 2.24) is 15.1 Å². The van der Waals surface area contributed by atoms with Crippen molar-refractivity contribution < 1.29 is 19.1 Å². The number of ether oxygens (including phenoxy) is 1. The average Bonchev–Trinajstić information content (AvgIpc) is 3.45. The van der Waals surface area contributed by atoms with Gasteiger partial charge in [0.15, 0.2) is 0 Å². The second-order valence-electron chi connectivity index (χ2n) is 11.0. The van der Waals surface area contributed by atoms with Crippen LogP contribution in [0.25, 0.3) is 10.8 Å². The number of likely N-dealkylation sites (tertiary alicyclic amines) is 1. The summed E-state index contributed by atoms with van der Waals surface area (Å²) in [5, 5.41) is 5.45. The number of halogens is 1. The summed E-state index contributed by atoms with van der Waals surface area (Å²) in [7, 11) is 0. The Bertz CT molecular complexity index is 1510. The standard InChI is InChI=1S/C30H28ClN3O4/c31-24-8-5-18(19-3-1-2-4-20(19)24)15-33-13-11-30(12-14-33)17-38-27-22-16-34(25-9-10-26(35)32-28(25)36)29(37)21(22)6-7-23(27)30/h1-8,25H,9-17H2,(H,32,35,36). The topological polar surface area (TPSA) is 79.0 Å². The first kappa shape index (κ1) is 23.7. The monoisotopic (exact) mass is 529 g/mol. The molecule has 0 bridgehead atoms. The number of hydrogen-bond acceptors (Lipinski definition) is 5. The highest BCUT2D eigenvalue weighted by Gasteiger charge is 2.47. The molecule has 7 nitrogen and oxygen atoms in total. The molecule has 4 aliphatic rings. The van der Waals surface area contributed by atoms with Gasteiger partial charge in [-0.15, -0.1) is 0 Å². The van der Waals surface area contributed by atoms with Crippen molar-refractivity contribution >= 4 is 40.1 Å². The minimum absolute atomic E-state index is 0.0615. The van der Waals surface area contributed by atoms with Crippen LogP contribution in [-0.2, 0) is 28.1 Å². The van der Waals surface area contributed by atoms with Crippen LogP contribution in [0.1, 0.15) is 52.7 Å². The predicted octanol–water partition coefficient (Wildman–Crippen LogP) is 4.18. The third-order valence-corrected chi connectivity index (χ3v) is 9.23. The van der Waals surface area contributed by atoms with E-state index in [1.165, 1.54) is 16.5 Å². The van der Waals surface area contributed by atoms with Gasteiger partial charge in [0.05, 0.1) is 13.2 Å². The van der Waals surface area contributed by atoms with Gasteiger partial charge in [-0.25, -0.2) is 0 Å². The van der Waals surface area contributed by atoms with Gasteiger partial charge in [0, 0.05) is 45.5 Å². The highest BCUT2D eigenvalue weighted by atomic mass is 35.5. The number of amides is 3. The third kappa shape index (κ3) is 3.63. The van der Waals surface area contributed by atoms with Crippen LogP contribution in [0.2, 0.25) is 5.02 Å². The molecule has 7 rings (SSSR count). The van der Waals surface area contributed by atoms with Crippen LogP contribution >= 0.6 is 11.6 Å². The summed E-state index contributed by atoms with van der Waals surface area (Å²) in [4.78, 5) is 41.3. The molecule has 0 aromatic heterocycles. The molecular formula is C30H28ClN3O4. The van der Waals surface area contributed by atoms with E-state index in [-0.39, 0.29) is 23.7 Å². The first-order chi connectivity index (χ1) is 18.4. The molecule has 3 aromatic carbocycles.